The Morgan fingerprint density at radius 3 is 1.91 bits per heavy atom. The molecule has 0 spiro atoms. The monoisotopic (exact) mass is 451 g/mol. The number of rotatable bonds is 14. The summed E-state index contributed by atoms with van der Waals surface area (Å²) in [5.41, 5.74) is 4.60. The van der Waals surface area contributed by atoms with Gasteiger partial charge in [-0.05, 0) is 28.7 Å². The molecule has 1 aliphatic carbocycles. The normalized spacial score (nSPS) is 13.2. The topological polar surface area (TPSA) is 75.6 Å². The number of aliphatic carboxylic acids is 1. The van der Waals surface area contributed by atoms with Crippen LogP contribution >= 0.6 is 0 Å². The second-order valence-corrected chi connectivity index (χ2v) is 8.98. The van der Waals surface area contributed by atoms with E-state index in [1.165, 1.54) is 38.5 Å². The zero-order valence-electron chi connectivity index (χ0n) is 19.7. The van der Waals surface area contributed by atoms with Crippen molar-refractivity contribution in [2.45, 2.75) is 83.1 Å². The second kappa shape index (κ2) is 13.0. The molecule has 33 heavy (non-hydrogen) atoms. The van der Waals surface area contributed by atoms with Crippen LogP contribution in [0.4, 0.5) is 4.79 Å². The maximum absolute atomic E-state index is 12.4. The summed E-state index contributed by atoms with van der Waals surface area (Å²) >= 11 is 0. The van der Waals surface area contributed by atoms with Gasteiger partial charge < -0.3 is 15.2 Å². The third-order valence-electron chi connectivity index (χ3n) is 6.53. The molecule has 0 saturated carbocycles. The third-order valence-corrected chi connectivity index (χ3v) is 6.53. The predicted molar refractivity (Wildman–Crippen MR) is 131 cm³/mol. The van der Waals surface area contributed by atoms with Gasteiger partial charge in [-0.3, -0.25) is 0 Å². The van der Waals surface area contributed by atoms with Gasteiger partial charge in [-0.15, -0.1) is 0 Å². The van der Waals surface area contributed by atoms with E-state index >= 15 is 0 Å². The van der Waals surface area contributed by atoms with Gasteiger partial charge in [0.2, 0.25) is 0 Å². The Hall–Kier alpha value is -2.82. The van der Waals surface area contributed by atoms with Crippen LogP contribution in [0.5, 0.6) is 0 Å². The number of benzene rings is 2. The molecule has 178 valence electrons. The Morgan fingerprint density at radius 2 is 1.36 bits per heavy atom. The first-order chi connectivity index (χ1) is 16.1. The zero-order chi connectivity index (χ0) is 23.5. The van der Waals surface area contributed by atoms with E-state index in [-0.39, 0.29) is 12.5 Å². The van der Waals surface area contributed by atoms with Crippen LogP contribution in [0.2, 0.25) is 0 Å². The molecule has 0 heterocycles. The van der Waals surface area contributed by atoms with Crippen LogP contribution < -0.4 is 5.32 Å². The number of fused-ring (bicyclic) bond motifs is 3. The minimum Gasteiger partial charge on any atom is -0.480 e. The van der Waals surface area contributed by atoms with Crippen LogP contribution in [0.25, 0.3) is 11.1 Å². The fourth-order valence-corrected chi connectivity index (χ4v) is 4.70. The summed E-state index contributed by atoms with van der Waals surface area (Å²) in [6, 6.07) is 15.4. The maximum Gasteiger partial charge on any atom is 0.407 e. The van der Waals surface area contributed by atoms with Crippen molar-refractivity contribution in [1.29, 1.82) is 0 Å². The quantitative estimate of drug-likeness (QED) is 0.306. The number of alkyl carbamates (subject to hydrolysis) is 1. The summed E-state index contributed by atoms with van der Waals surface area (Å²) in [4.78, 5) is 24.0. The Labute approximate surface area is 197 Å². The van der Waals surface area contributed by atoms with Crippen LogP contribution in [-0.4, -0.2) is 29.8 Å². The first kappa shape index (κ1) is 24.8. The van der Waals surface area contributed by atoms with Gasteiger partial charge in [0, 0.05) is 5.92 Å². The lowest BCUT2D eigenvalue weighted by atomic mass is 9.98. The van der Waals surface area contributed by atoms with Crippen LogP contribution in [0.3, 0.4) is 0 Å². The van der Waals surface area contributed by atoms with Gasteiger partial charge in [0.1, 0.15) is 12.6 Å². The molecule has 0 aliphatic heterocycles. The lowest BCUT2D eigenvalue weighted by Gasteiger charge is -2.17. The Kier molecular flexibility index (Phi) is 9.79. The highest BCUT2D eigenvalue weighted by molar-refractivity contribution is 5.81. The summed E-state index contributed by atoms with van der Waals surface area (Å²) in [5.74, 6) is -1.05. The largest absolute Gasteiger partial charge is 0.480 e. The molecule has 0 radical (unpaired) electrons. The SMILES string of the molecule is CCCCCCCCCCC[C@@H](NC(=O)OCC1c2ccccc2-c2ccccc21)C(=O)O. The van der Waals surface area contributed by atoms with E-state index in [1.54, 1.807) is 0 Å². The number of hydrogen-bond donors (Lipinski definition) is 2. The Morgan fingerprint density at radius 1 is 0.848 bits per heavy atom. The van der Waals surface area contributed by atoms with Gasteiger partial charge in [-0.1, -0.05) is 113 Å². The van der Waals surface area contributed by atoms with Gasteiger partial charge in [-0.2, -0.15) is 0 Å². The molecule has 2 N–H and O–H groups in total. The van der Waals surface area contributed by atoms with Gasteiger partial charge in [0.15, 0.2) is 0 Å². The third kappa shape index (κ3) is 7.08. The molecule has 1 amide bonds. The molecule has 2 aromatic carbocycles. The molecule has 1 atom stereocenters. The van der Waals surface area contributed by atoms with Gasteiger partial charge in [-0.25, -0.2) is 9.59 Å². The number of carbonyl (C=O) groups is 2. The van der Waals surface area contributed by atoms with E-state index in [2.05, 4.69) is 36.5 Å². The van der Waals surface area contributed by atoms with E-state index in [1.807, 2.05) is 24.3 Å². The van der Waals surface area contributed by atoms with E-state index in [9.17, 15) is 14.7 Å². The standard InChI is InChI=1S/C28H37NO4/c1-2-3-4-5-6-7-8-9-10-19-26(27(30)31)29-28(32)33-20-25-23-17-13-11-15-21(23)22-16-12-14-18-24(22)25/h11-18,25-26H,2-10,19-20H2,1H3,(H,29,32)(H,30,31)/t26-/m1/s1. The smallest absolute Gasteiger partial charge is 0.407 e. The van der Waals surface area contributed by atoms with Crippen molar-refractivity contribution < 1.29 is 19.4 Å². The van der Waals surface area contributed by atoms with E-state index in [4.69, 9.17) is 4.74 Å². The molecule has 0 unspecified atom stereocenters. The molecule has 1 aliphatic rings. The molecule has 0 fully saturated rings. The average Bonchev–Trinajstić information content (AvgIpc) is 3.14. The van der Waals surface area contributed by atoms with Crippen molar-refractivity contribution >= 4 is 12.1 Å². The summed E-state index contributed by atoms with van der Waals surface area (Å²) < 4.78 is 5.50. The molecule has 5 heteroatoms. The molecular weight excluding hydrogens is 414 g/mol. The highest BCUT2D eigenvalue weighted by Gasteiger charge is 2.29. The molecular formula is C28H37NO4. The fraction of sp³-hybridized carbons (Fsp3) is 0.500. The number of unbranched alkanes of at least 4 members (excludes halogenated alkanes) is 8. The zero-order valence-corrected chi connectivity index (χ0v) is 19.7. The average molecular weight is 452 g/mol. The van der Waals surface area contributed by atoms with Crippen LogP contribution in [0, 0.1) is 0 Å². The fourth-order valence-electron chi connectivity index (χ4n) is 4.70. The number of amides is 1. The maximum atomic E-state index is 12.4. The molecule has 2 aromatic rings. The van der Waals surface area contributed by atoms with Crippen LogP contribution in [0.15, 0.2) is 48.5 Å². The number of carboxylic acid groups (broad SMARTS) is 1. The van der Waals surface area contributed by atoms with Gasteiger partial charge in [0.25, 0.3) is 0 Å². The molecule has 5 nitrogen and oxygen atoms in total. The van der Waals surface area contributed by atoms with Crippen LogP contribution in [0.1, 0.15) is 88.2 Å². The predicted octanol–water partition coefficient (Wildman–Crippen LogP) is 6.90. The van der Waals surface area contributed by atoms with Crippen molar-refractivity contribution in [1.82, 2.24) is 5.32 Å². The summed E-state index contributed by atoms with van der Waals surface area (Å²) in [6.45, 7) is 2.40. The lowest BCUT2D eigenvalue weighted by molar-refractivity contribution is -0.139. The van der Waals surface area contributed by atoms with Crippen molar-refractivity contribution in [3.05, 3.63) is 59.7 Å². The number of carbonyl (C=O) groups excluding carboxylic acids is 1. The molecule has 0 aromatic heterocycles. The van der Waals surface area contributed by atoms with Crippen molar-refractivity contribution in [3.8, 4) is 11.1 Å². The molecule has 3 rings (SSSR count). The first-order valence-corrected chi connectivity index (χ1v) is 12.5. The van der Waals surface area contributed by atoms with Crippen molar-refractivity contribution in [3.63, 3.8) is 0 Å². The summed E-state index contributed by atoms with van der Waals surface area (Å²) in [7, 11) is 0. The number of hydrogen-bond acceptors (Lipinski definition) is 3. The Balaban J connectivity index is 1.42. The number of ether oxygens (including phenoxy) is 1. The highest BCUT2D eigenvalue weighted by Crippen LogP contribution is 2.44. The highest BCUT2D eigenvalue weighted by atomic mass is 16.5. The lowest BCUT2D eigenvalue weighted by Crippen LogP contribution is -2.41. The number of nitrogens with one attached hydrogen (secondary N) is 1. The summed E-state index contributed by atoms with van der Waals surface area (Å²) in [5, 5.41) is 12.1. The Bertz CT molecular complexity index is 865. The van der Waals surface area contributed by atoms with Gasteiger partial charge in [0.05, 0.1) is 0 Å². The van der Waals surface area contributed by atoms with Crippen molar-refractivity contribution in [2.24, 2.45) is 0 Å². The molecule has 0 bridgehead atoms. The number of carboxylic acids is 1. The minimum atomic E-state index is -1.01. The van der Waals surface area contributed by atoms with E-state index < -0.39 is 18.1 Å². The van der Waals surface area contributed by atoms with E-state index in [0.717, 1.165) is 41.5 Å². The molecule has 0 saturated heterocycles. The summed E-state index contributed by atoms with van der Waals surface area (Å²) in [6.07, 6.45) is 10.3. The van der Waals surface area contributed by atoms with E-state index in [0.29, 0.717) is 6.42 Å². The van der Waals surface area contributed by atoms with Gasteiger partial charge >= 0.3 is 12.1 Å². The van der Waals surface area contributed by atoms with Crippen molar-refractivity contribution in [2.75, 3.05) is 6.61 Å². The second-order valence-electron chi connectivity index (χ2n) is 8.98. The van der Waals surface area contributed by atoms with Crippen LogP contribution in [-0.2, 0) is 9.53 Å². The minimum absolute atomic E-state index is 0.0382. The first-order valence-electron chi connectivity index (χ1n) is 12.5.